The quantitative estimate of drug-likeness (QED) is 0.850. The van der Waals surface area contributed by atoms with Crippen LogP contribution in [0.1, 0.15) is 12.8 Å². The molecule has 17 heavy (non-hydrogen) atoms. The third-order valence-corrected chi connectivity index (χ3v) is 2.97. The lowest BCUT2D eigenvalue weighted by atomic mass is 10.3. The predicted octanol–water partition coefficient (Wildman–Crippen LogP) is 2.42. The molecule has 5 heteroatoms. The monoisotopic (exact) mass is 256 g/mol. The Balaban J connectivity index is 1.77. The molecule has 1 aliphatic rings. The second-order valence-electron chi connectivity index (χ2n) is 4.23. The van der Waals surface area contributed by atoms with Crippen LogP contribution in [-0.2, 0) is 4.79 Å². The molecule has 1 amide bonds. The van der Waals surface area contributed by atoms with Crippen molar-refractivity contribution < 1.29 is 9.18 Å². The molecule has 0 radical (unpaired) electrons. The number of rotatable bonds is 5. The van der Waals surface area contributed by atoms with Gasteiger partial charge in [-0.25, -0.2) is 4.39 Å². The van der Waals surface area contributed by atoms with Crippen molar-refractivity contribution in [2.75, 3.05) is 18.4 Å². The highest BCUT2D eigenvalue weighted by molar-refractivity contribution is 6.33. The number of anilines is 1. The zero-order chi connectivity index (χ0) is 12.3. The van der Waals surface area contributed by atoms with E-state index in [0.717, 1.165) is 6.54 Å². The van der Waals surface area contributed by atoms with Gasteiger partial charge in [-0.3, -0.25) is 4.79 Å². The molecule has 0 heterocycles. The number of carbonyl (C=O) groups excluding carboxylic acids is 1. The molecular formula is C12H14ClFN2O. The van der Waals surface area contributed by atoms with E-state index in [-0.39, 0.29) is 17.5 Å². The van der Waals surface area contributed by atoms with Crippen LogP contribution in [0.25, 0.3) is 0 Å². The van der Waals surface area contributed by atoms with Gasteiger partial charge in [0.15, 0.2) is 0 Å². The summed E-state index contributed by atoms with van der Waals surface area (Å²) >= 11 is 5.82. The van der Waals surface area contributed by atoms with E-state index in [2.05, 4.69) is 10.6 Å². The number of amides is 1. The van der Waals surface area contributed by atoms with Crippen molar-refractivity contribution >= 4 is 23.2 Å². The van der Waals surface area contributed by atoms with Crippen LogP contribution in [0.2, 0.25) is 5.02 Å². The number of carbonyl (C=O) groups is 1. The molecule has 1 aromatic carbocycles. The zero-order valence-electron chi connectivity index (χ0n) is 9.30. The van der Waals surface area contributed by atoms with Crippen molar-refractivity contribution in [3.05, 3.63) is 29.0 Å². The maximum absolute atomic E-state index is 12.8. The highest BCUT2D eigenvalue weighted by Crippen LogP contribution is 2.27. The van der Waals surface area contributed by atoms with Crippen LogP contribution >= 0.6 is 11.6 Å². The molecule has 0 saturated heterocycles. The van der Waals surface area contributed by atoms with Crippen LogP contribution in [0.3, 0.4) is 0 Å². The largest absolute Gasteiger partial charge is 0.375 e. The maximum atomic E-state index is 12.8. The van der Waals surface area contributed by atoms with Gasteiger partial charge in [0.2, 0.25) is 5.91 Å². The molecule has 1 aliphatic carbocycles. The molecule has 2 N–H and O–H groups in total. The smallest absolute Gasteiger partial charge is 0.239 e. The van der Waals surface area contributed by atoms with E-state index in [1.807, 2.05) is 0 Å². The molecule has 3 nitrogen and oxygen atoms in total. The first-order valence-corrected chi connectivity index (χ1v) is 5.98. The molecular weight excluding hydrogens is 243 g/mol. The predicted molar refractivity (Wildman–Crippen MR) is 65.6 cm³/mol. The molecule has 0 bridgehead atoms. The molecule has 0 atom stereocenters. The minimum absolute atomic E-state index is 0.0720. The van der Waals surface area contributed by atoms with Crippen LogP contribution in [0.5, 0.6) is 0 Å². The van der Waals surface area contributed by atoms with Gasteiger partial charge >= 0.3 is 0 Å². The normalized spacial score (nSPS) is 14.5. The van der Waals surface area contributed by atoms with E-state index in [1.54, 1.807) is 0 Å². The number of benzene rings is 1. The summed E-state index contributed by atoms with van der Waals surface area (Å²) in [5, 5.41) is 5.98. The summed E-state index contributed by atoms with van der Waals surface area (Å²) in [6.45, 7) is 0.899. The summed E-state index contributed by atoms with van der Waals surface area (Å²) < 4.78 is 12.8. The number of halogens is 2. The summed E-state index contributed by atoms with van der Waals surface area (Å²) in [5.41, 5.74) is 0.564. The van der Waals surface area contributed by atoms with Crippen LogP contribution in [-0.4, -0.2) is 19.0 Å². The van der Waals surface area contributed by atoms with Crippen molar-refractivity contribution in [3.8, 4) is 0 Å². The highest BCUT2D eigenvalue weighted by Gasteiger charge is 2.21. The summed E-state index contributed by atoms with van der Waals surface area (Å²) in [6.07, 6.45) is 2.41. The Labute approximate surface area is 104 Å². The standard InChI is InChI=1S/C12H14ClFN2O/c13-10-5-9(14)3-4-11(10)15-7-12(17)16-6-8-1-2-8/h3-5,8,15H,1-2,6-7H2,(H,16,17). The van der Waals surface area contributed by atoms with Gasteiger partial charge in [0.05, 0.1) is 17.3 Å². The molecule has 0 aliphatic heterocycles. The average Bonchev–Trinajstić information content (AvgIpc) is 3.09. The minimum atomic E-state index is -0.390. The van der Waals surface area contributed by atoms with Gasteiger partial charge in [-0.1, -0.05) is 11.6 Å². The fourth-order valence-corrected chi connectivity index (χ4v) is 1.69. The Morgan fingerprint density at radius 2 is 2.24 bits per heavy atom. The molecule has 1 saturated carbocycles. The van der Waals surface area contributed by atoms with Crippen molar-refractivity contribution in [1.29, 1.82) is 0 Å². The Morgan fingerprint density at radius 1 is 1.47 bits per heavy atom. The number of hydrogen-bond acceptors (Lipinski definition) is 2. The van der Waals surface area contributed by atoms with Crippen molar-refractivity contribution in [1.82, 2.24) is 5.32 Å². The first-order valence-electron chi connectivity index (χ1n) is 5.61. The fraction of sp³-hybridized carbons (Fsp3) is 0.417. The summed E-state index contributed by atoms with van der Waals surface area (Å²) in [7, 11) is 0. The van der Waals surface area contributed by atoms with E-state index in [0.29, 0.717) is 11.6 Å². The Kier molecular flexibility index (Phi) is 3.84. The van der Waals surface area contributed by atoms with E-state index in [9.17, 15) is 9.18 Å². The minimum Gasteiger partial charge on any atom is -0.375 e. The molecule has 0 spiro atoms. The zero-order valence-corrected chi connectivity index (χ0v) is 10.1. The van der Waals surface area contributed by atoms with E-state index >= 15 is 0 Å². The average molecular weight is 257 g/mol. The topological polar surface area (TPSA) is 41.1 Å². The molecule has 0 aromatic heterocycles. The van der Waals surface area contributed by atoms with E-state index < -0.39 is 5.82 Å². The Morgan fingerprint density at radius 3 is 2.88 bits per heavy atom. The van der Waals surface area contributed by atoms with Gasteiger partial charge in [0.25, 0.3) is 0 Å². The third kappa shape index (κ3) is 3.89. The first-order chi connectivity index (χ1) is 8.15. The number of nitrogens with one attached hydrogen (secondary N) is 2. The first kappa shape index (κ1) is 12.2. The molecule has 1 aromatic rings. The van der Waals surface area contributed by atoms with Crippen LogP contribution in [0, 0.1) is 11.7 Å². The van der Waals surface area contributed by atoms with Crippen molar-refractivity contribution in [2.24, 2.45) is 5.92 Å². The second-order valence-corrected chi connectivity index (χ2v) is 4.63. The summed E-state index contributed by atoms with van der Waals surface area (Å²) in [6, 6.07) is 4.04. The number of hydrogen-bond donors (Lipinski definition) is 2. The lowest BCUT2D eigenvalue weighted by Crippen LogP contribution is -2.31. The van der Waals surface area contributed by atoms with Gasteiger partial charge in [0, 0.05) is 6.54 Å². The summed E-state index contributed by atoms with van der Waals surface area (Å²) in [4.78, 5) is 11.4. The van der Waals surface area contributed by atoms with Gasteiger partial charge in [-0.2, -0.15) is 0 Å². The van der Waals surface area contributed by atoms with E-state index in [4.69, 9.17) is 11.6 Å². The van der Waals surface area contributed by atoms with Crippen molar-refractivity contribution in [2.45, 2.75) is 12.8 Å². The lowest BCUT2D eigenvalue weighted by Gasteiger charge is -2.08. The lowest BCUT2D eigenvalue weighted by molar-refractivity contribution is -0.119. The van der Waals surface area contributed by atoms with Crippen LogP contribution in [0.4, 0.5) is 10.1 Å². The van der Waals surface area contributed by atoms with Gasteiger partial charge < -0.3 is 10.6 Å². The van der Waals surface area contributed by atoms with Gasteiger partial charge in [-0.15, -0.1) is 0 Å². The Hall–Kier alpha value is -1.29. The van der Waals surface area contributed by atoms with Gasteiger partial charge in [-0.05, 0) is 37.0 Å². The van der Waals surface area contributed by atoms with E-state index in [1.165, 1.54) is 31.0 Å². The van der Waals surface area contributed by atoms with Gasteiger partial charge in [0.1, 0.15) is 5.82 Å². The molecule has 0 unspecified atom stereocenters. The van der Waals surface area contributed by atoms with Crippen molar-refractivity contribution in [3.63, 3.8) is 0 Å². The van der Waals surface area contributed by atoms with Crippen LogP contribution in [0.15, 0.2) is 18.2 Å². The summed E-state index contributed by atoms with van der Waals surface area (Å²) in [5.74, 6) is 0.199. The Bertz CT molecular complexity index is 421. The maximum Gasteiger partial charge on any atom is 0.239 e. The molecule has 92 valence electrons. The SMILES string of the molecule is O=C(CNc1ccc(F)cc1Cl)NCC1CC1. The molecule has 1 fully saturated rings. The second kappa shape index (κ2) is 5.36. The third-order valence-electron chi connectivity index (χ3n) is 2.66. The highest BCUT2D eigenvalue weighted by atomic mass is 35.5. The fourth-order valence-electron chi connectivity index (χ4n) is 1.45. The molecule has 2 rings (SSSR count). The van der Waals surface area contributed by atoms with Crippen LogP contribution < -0.4 is 10.6 Å².